The Balaban J connectivity index is 2.91. The van der Waals surface area contributed by atoms with E-state index in [-0.39, 0.29) is 0 Å². The van der Waals surface area contributed by atoms with E-state index in [1.54, 1.807) is 0 Å². The summed E-state index contributed by atoms with van der Waals surface area (Å²) in [5.74, 6) is 0. The van der Waals surface area contributed by atoms with Crippen molar-refractivity contribution < 1.29 is 0 Å². The highest BCUT2D eigenvalue weighted by Gasteiger charge is 1.87. The minimum Gasteiger partial charge on any atom is -0.0587 e. The van der Waals surface area contributed by atoms with Crippen molar-refractivity contribution in [1.82, 2.24) is 0 Å². The third-order valence-electron chi connectivity index (χ3n) is 1.35. The van der Waals surface area contributed by atoms with Crippen LogP contribution < -0.4 is 0 Å². The molecule has 2 heteroatoms. The van der Waals surface area contributed by atoms with Crippen LogP contribution >= 0.6 is 31.9 Å². The normalized spacial score (nSPS) is 9.36. The van der Waals surface area contributed by atoms with Gasteiger partial charge in [-0.3, -0.25) is 0 Å². The molecule has 0 spiro atoms. The van der Waals surface area contributed by atoms with Crippen LogP contribution in [0.15, 0.2) is 27.7 Å². The molecule has 0 radical (unpaired) electrons. The molecule has 11 heavy (non-hydrogen) atoms. The van der Waals surface area contributed by atoms with Gasteiger partial charge >= 0.3 is 0 Å². The van der Waals surface area contributed by atoms with Crippen molar-refractivity contribution in [2.75, 3.05) is 0 Å². The van der Waals surface area contributed by atoms with E-state index < -0.39 is 0 Å². The summed E-state index contributed by atoms with van der Waals surface area (Å²) in [6, 6.07) is 8.35. The first-order valence-corrected chi connectivity index (χ1v) is 4.86. The predicted molar refractivity (Wildman–Crippen MR) is 57.0 cm³/mol. The summed E-state index contributed by atoms with van der Waals surface area (Å²) in [5, 5.41) is 0. The number of hydrogen-bond acceptors (Lipinski definition) is 0. The van der Waals surface area contributed by atoms with Crippen molar-refractivity contribution in [3.05, 3.63) is 38.8 Å². The average Bonchev–Trinajstić information content (AvgIpc) is 1.93. The third-order valence-corrected chi connectivity index (χ3v) is 1.81. The highest BCUT2D eigenvalue weighted by molar-refractivity contribution is 9.28. The Morgan fingerprint density at radius 2 is 1.73 bits per heavy atom. The summed E-state index contributed by atoms with van der Waals surface area (Å²) in [6.07, 6.45) is 2.01. The Morgan fingerprint density at radius 3 is 2.18 bits per heavy atom. The van der Waals surface area contributed by atoms with Gasteiger partial charge < -0.3 is 0 Å². The number of aryl methyl sites for hydroxylation is 1. The fourth-order valence-electron chi connectivity index (χ4n) is 0.789. The molecule has 0 aliphatic carbocycles. The van der Waals surface area contributed by atoms with E-state index >= 15 is 0 Å². The molecule has 0 amide bonds. The lowest BCUT2D eigenvalue weighted by molar-refractivity contribution is 1.46. The van der Waals surface area contributed by atoms with Gasteiger partial charge in [-0.2, -0.15) is 0 Å². The standard InChI is InChI=1S/C9H8Br2/c1-7-2-4-8(5-3-7)6-9(10)11/h2-6H,1H3. The summed E-state index contributed by atoms with van der Waals surface area (Å²) >= 11 is 6.61. The molecule has 58 valence electrons. The van der Waals surface area contributed by atoms with Gasteiger partial charge in [0.15, 0.2) is 0 Å². The second-order valence-corrected chi connectivity index (χ2v) is 5.12. The maximum Gasteiger partial charge on any atom is 0.0610 e. The van der Waals surface area contributed by atoms with Crippen LogP contribution in [-0.4, -0.2) is 0 Å². The Hall–Kier alpha value is -0.0800. The minimum atomic E-state index is 0.967. The highest BCUT2D eigenvalue weighted by atomic mass is 79.9. The zero-order chi connectivity index (χ0) is 8.27. The van der Waals surface area contributed by atoms with E-state index in [1.165, 1.54) is 11.1 Å². The van der Waals surface area contributed by atoms with Gasteiger partial charge in [0.05, 0.1) is 3.39 Å². The van der Waals surface area contributed by atoms with Crippen molar-refractivity contribution in [2.45, 2.75) is 6.92 Å². The second-order valence-electron chi connectivity index (χ2n) is 2.34. The van der Waals surface area contributed by atoms with Gasteiger partial charge in [0.2, 0.25) is 0 Å². The molecule has 1 rings (SSSR count). The number of benzene rings is 1. The SMILES string of the molecule is Cc1ccc(C=C(Br)Br)cc1. The summed E-state index contributed by atoms with van der Waals surface area (Å²) in [5.41, 5.74) is 2.48. The van der Waals surface area contributed by atoms with E-state index in [2.05, 4.69) is 63.0 Å². The van der Waals surface area contributed by atoms with Crippen molar-refractivity contribution in [3.63, 3.8) is 0 Å². The fourth-order valence-corrected chi connectivity index (χ4v) is 1.32. The van der Waals surface area contributed by atoms with Crippen LogP contribution in [0.3, 0.4) is 0 Å². The van der Waals surface area contributed by atoms with Crippen molar-refractivity contribution >= 4 is 37.9 Å². The Bertz CT molecular complexity index is 255. The van der Waals surface area contributed by atoms with Gasteiger partial charge in [-0.15, -0.1) is 0 Å². The molecule has 0 saturated heterocycles. The van der Waals surface area contributed by atoms with E-state index in [9.17, 15) is 0 Å². The summed E-state index contributed by atoms with van der Waals surface area (Å²) < 4.78 is 0.967. The highest BCUT2D eigenvalue weighted by Crippen LogP contribution is 2.17. The maximum absolute atomic E-state index is 3.31. The lowest BCUT2D eigenvalue weighted by Crippen LogP contribution is -1.72. The predicted octanol–water partition coefficient (Wildman–Crippen LogP) is 4.08. The first-order valence-electron chi connectivity index (χ1n) is 3.28. The first-order chi connectivity index (χ1) is 5.18. The molecule has 1 aromatic rings. The topological polar surface area (TPSA) is 0 Å². The van der Waals surface area contributed by atoms with Crippen LogP contribution in [0.2, 0.25) is 0 Å². The zero-order valence-corrected chi connectivity index (χ0v) is 9.31. The molecule has 0 aliphatic rings. The smallest absolute Gasteiger partial charge is 0.0587 e. The fraction of sp³-hybridized carbons (Fsp3) is 0.111. The van der Waals surface area contributed by atoms with Crippen LogP contribution in [-0.2, 0) is 0 Å². The largest absolute Gasteiger partial charge is 0.0610 e. The molecule has 0 nitrogen and oxygen atoms in total. The van der Waals surface area contributed by atoms with Gasteiger partial charge in [0.25, 0.3) is 0 Å². The van der Waals surface area contributed by atoms with Gasteiger partial charge in [0.1, 0.15) is 0 Å². The van der Waals surface area contributed by atoms with Crippen molar-refractivity contribution in [2.24, 2.45) is 0 Å². The van der Waals surface area contributed by atoms with E-state index in [0.717, 1.165) is 3.39 Å². The molecule has 0 atom stereocenters. The van der Waals surface area contributed by atoms with Crippen LogP contribution in [0, 0.1) is 6.92 Å². The molecular weight excluding hydrogens is 268 g/mol. The number of hydrogen-bond donors (Lipinski definition) is 0. The molecule has 0 fully saturated rings. The third kappa shape index (κ3) is 3.21. The second kappa shape index (κ2) is 4.07. The zero-order valence-electron chi connectivity index (χ0n) is 6.14. The van der Waals surface area contributed by atoms with Crippen molar-refractivity contribution in [3.8, 4) is 0 Å². The van der Waals surface area contributed by atoms with Crippen LogP contribution in [0.1, 0.15) is 11.1 Å². The Kier molecular flexibility index (Phi) is 3.34. The Morgan fingerprint density at radius 1 is 1.18 bits per heavy atom. The average molecular weight is 276 g/mol. The molecule has 0 N–H and O–H groups in total. The van der Waals surface area contributed by atoms with Gasteiger partial charge in [-0.25, -0.2) is 0 Å². The Labute approximate surface area is 83.6 Å². The van der Waals surface area contributed by atoms with Gasteiger partial charge in [-0.05, 0) is 50.4 Å². The van der Waals surface area contributed by atoms with E-state index in [4.69, 9.17) is 0 Å². The van der Waals surface area contributed by atoms with Gasteiger partial charge in [0, 0.05) is 0 Å². The lowest BCUT2D eigenvalue weighted by Gasteiger charge is -1.93. The lowest BCUT2D eigenvalue weighted by atomic mass is 10.2. The number of halogens is 2. The molecule has 0 aliphatic heterocycles. The molecule has 0 saturated carbocycles. The molecule has 0 aromatic heterocycles. The van der Waals surface area contributed by atoms with Crippen LogP contribution in [0.25, 0.3) is 6.08 Å². The quantitative estimate of drug-likeness (QED) is 0.724. The summed E-state index contributed by atoms with van der Waals surface area (Å²) in [4.78, 5) is 0. The summed E-state index contributed by atoms with van der Waals surface area (Å²) in [7, 11) is 0. The number of rotatable bonds is 1. The maximum atomic E-state index is 3.31. The summed E-state index contributed by atoms with van der Waals surface area (Å²) in [6.45, 7) is 2.08. The molecule has 1 aromatic carbocycles. The monoisotopic (exact) mass is 274 g/mol. The molecule has 0 unspecified atom stereocenters. The molecule has 0 bridgehead atoms. The molecule has 0 heterocycles. The van der Waals surface area contributed by atoms with E-state index in [1.807, 2.05) is 6.08 Å². The van der Waals surface area contributed by atoms with Crippen LogP contribution in [0.5, 0.6) is 0 Å². The minimum absolute atomic E-state index is 0.967. The van der Waals surface area contributed by atoms with E-state index in [0.29, 0.717) is 0 Å². The molecular formula is C9H8Br2. The first kappa shape index (κ1) is 9.01. The van der Waals surface area contributed by atoms with Crippen molar-refractivity contribution in [1.29, 1.82) is 0 Å². The van der Waals surface area contributed by atoms with Crippen LogP contribution in [0.4, 0.5) is 0 Å². The van der Waals surface area contributed by atoms with Gasteiger partial charge in [-0.1, -0.05) is 29.8 Å².